The summed E-state index contributed by atoms with van der Waals surface area (Å²) >= 11 is 0. The van der Waals surface area contributed by atoms with E-state index in [9.17, 15) is 0 Å². The predicted molar refractivity (Wildman–Crippen MR) is 48.4 cm³/mol. The molecule has 0 atom stereocenters. The Kier molecular flexibility index (Phi) is 5.21. The second-order valence-corrected chi connectivity index (χ2v) is 2.17. The summed E-state index contributed by atoms with van der Waals surface area (Å²) in [6.45, 7) is 3.93. The molecule has 0 bridgehead atoms. The highest BCUT2D eigenvalue weighted by Gasteiger charge is 1.84. The number of aliphatic hydroxyl groups excluding tert-OH is 1. The van der Waals surface area contributed by atoms with Crippen molar-refractivity contribution in [3.63, 3.8) is 0 Å². The van der Waals surface area contributed by atoms with Crippen molar-refractivity contribution >= 4 is 5.69 Å². The summed E-state index contributed by atoms with van der Waals surface area (Å²) in [5, 5.41) is 7.57. The smallest absolute Gasteiger partial charge is 0.0402 e. The third-order valence-electron chi connectivity index (χ3n) is 1.19. The van der Waals surface area contributed by atoms with Crippen molar-refractivity contribution in [2.75, 3.05) is 12.3 Å². The van der Waals surface area contributed by atoms with Gasteiger partial charge < -0.3 is 10.8 Å². The Balaban J connectivity index is 0.000000292. The van der Waals surface area contributed by atoms with Gasteiger partial charge in [0.15, 0.2) is 0 Å². The molecule has 0 saturated carbocycles. The first-order chi connectivity index (χ1) is 5.22. The van der Waals surface area contributed by atoms with Gasteiger partial charge in [-0.2, -0.15) is 0 Å². The SMILES string of the molecule is CCO.Cc1ccccc1N. The van der Waals surface area contributed by atoms with E-state index in [0.717, 1.165) is 11.3 Å². The Morgan fingerprint density at radius 2 is 1.82 bits per heavy atom. The molecule has 0 aromatic heterocycles. The number of hydrogen-bond acceptors (Lipinski definition) is 2. The molecule has 2 heteroatoms. The van der Waals surface area contributed by atoms with Gasteiger partial charge in [0.25, 0.3) is 0 Å². The molecule has 1 aromatic carbocycles. The molecule has 0 aliphatic heterocycles. The van der Waals surface area contributed by atoms with Gasteiger partial charge in [0.2, 0.25) is 0 Å². The molecular weight excluding hydrogens is 138 g/mol. The monoisotopic (exact) mass is 153 g/mol. The van der Waals surface area contributed by atoms with Crippen molar-refractivity contribution in [2.24, 2.45) is 0 Å². The van der Waals surface area contributed by atoms with Crippen LogP contribution in [0.4, 0.5) is 5.69 Å². The Bertz CT molecular complexity index is 178. The number of nitrogens with two attached hydrogens (primary N) is 1. The van der Waals surface area contributed by atoms with Gasteiger partial charge in [0, 0.05) is 12.3 Å². The lowest BCUT2D eigenvalue weighted by Crippen LogP contribution is -1.85. The van der Waals surface area contributed by atoms with Crippen LogP contribution in [-0.2, 0) is 0 Å². The summed E-state index contributed by atoms with van der Waals surface area (Å²) < 4.78 is 0. The van der Waals surface area contributed by atoms with E-state index in [1.54, 1.807) is 6.92 Å². The van der Waals surface area contributed by atoms with E-state index in [2.05, 4.69) is 0 Å². The van der Waals surface area contributed by atoms with Crippen molar-refractivity contribution in [3.05, 3.63) is 29.8 Å². The summed E-state index contributed by atoms with van der Waals surface area (Å²) in [4.78, 5) is 0. The van der Waals surface area contributed by atoms with Crippen LogP contribution in [0.5, 0.6) is 0 Å². The molecule has 3 N–H and O–H groups in total. The number of aryl methyl sites for hydroxylation is 1. The predicted octanol–water partition coefficient (Wildman–Crippen LogP) is 1.58. The van der Waals surface area contributed by atoms with Gasteiger partial charge in [-0.3, -0.25) is 0 Å². The van der Waals surface area contributed by atoms with Crippen LogP contribution in [-0.4, -0.2) is 11.7 Å². The third-order valence-corrected chi connectivity index (χ3v) is 1.19. The largest absolute Gasteiger partial charge is 0.399 e. The quantitative estimate of drug-likeness (QED) is 0.556. The Hall–Kier alpha value is -1.02. The standard InChI is InChI=1S/C7H9N.C2H6O/c1-6-4-2-3-5-7(6)8;1-2-3/h2-5H,8H2,1H3;3H,2H2,1H3. The highest BCUT2D eigenvalue weighted by atomic mass is 16.2. The average molecular weight is 153 g/mol. The van der Waals surface area contributed by atoms with Gasteiger partial charge >= 0.3 is 0 Å². The van der Waals surface area contributed by atoms with Crippen LogP contribution in [0.1, 0.15) is 12.5 Å². The lowest BCUT2D eigenvalue weighted by molar-refractivity contribution is 0.318. The summed E-state index contributed by atoms with van der Waals surface area (Å²) in [5.41, 5.74) is 7.53. The Morgan fingerprint density at radius 3 is 2.09 bits per heavy atom. The normalized spacial score (nSPS) is 8.27. The maximum Gasteiger partial charge on any atom is 0.0402 e. The second kappa shape index (κ2) is 5.74. The Morgan fingerprint density at radius 1 is 1.36 bits per heavy atom. The Labute approximate surface area is 67.7 Å². The molecule has 11 heavy (non-hydrogen) atoms. The minimum absolute atomic E-state index is 0.250. The highest BCUT2D eigenvalue weighted by Crippen LogP contribution is 2.06. The molecule has 0 saturated heterocycles. The molecule has 0 aliphatic rings. The van der Waals surface area contributed by atoms with E-state index >= 15 is 0 Å². The number of rotatable bonds is 0. The van der Waals surface area contributed by atoms with E-state index in [-0.39, 0.29) is 6.61 Å². The van der Waals surface area contributed by atoms with Crippen LogP contribution in [0.2, 0.25) is 0 Å². The van der Waals surface area contributed by atoms with E-state index in [1.165, 1.54) is 0 Å². The number of para-hydroxylation sites is 1. The molecule has 0 unspecified atom stereocenters. The molecule has 1 rings (SSSR count). The van der Waals surface area contributed by atoms with Crippen LogP contribution < -0.4 is 5.73 Å². The molecule has 0 aliphatic carbocycles. The molecule has 0 amide bonds. The topological polar surface area (TPSA) is 46.2 Å². The van der Waals surface area contributed by atoms with Crippen LogP contribution in [0.3, 0.4) is 0 Å². The fourth-order valence-corrected chi connectivity index (χ4v) is 0.587. The average Bonchev–Trinajstić information content (AvgIpc) is 1.97. The number of hydrogen-bond donors (Lipinski definition) is 2. The summed E-state index contributed by atoms with van der Waals surface area (Å²) in [6.07, 6.45) is 0. The summed E-state index contributed by atoms with van der Waals surface area (Å²) in [5.74, 6) is 0. The minimum Gasteiger partial charge on any atom is -0.399 e. The fourth-order valence-electron chi connectivity index (χ4n) is 0.587. The molecule has 2 nitrogen and oxygen atoms in total. The third kappa shape index (κ3) is 4.39. The first-order valence-electron chi connectivity index (χ1n) is 3.64. The maximum atomic E-state index is 7.57. The van der Waals surface area contributed by atoms with E-state index < -0.39 is 0 Å². The molecule has 1 aromatic rings. The minimum atomic E-state index is 0.250. The summed E-state index contributed by atoms with van der Waals surface area (Å²) in [6, 6.07) is 7.80. The molecule has 62 valence electrons. The van der Waals surface area contributed by atoms with Gasteiger partial charge in [0.05, 0.1) is 0 Å². The zero-order chi connectivity index (χ0) is 8.69. The molecular formula is C9H15NO. The first-order valence-corrected chi connectivity index (χ1v) is 3.64. The van der Waals surface area contributed by atoms with Crippen molar-refractivity contribution in [3.8, 4) is 0 Å². The first kappa shape index (κ1) is 9.98. The van der Waals surface area contributed by atoms with Gasteiger partial charge in [0.1, 0.15) is 0 Å². The van der Waals surface area contributed by atoms with Gasteiger partial charge in [-0.05, 0) is 25.5 Å². The number of anilines is 1. The van der Waals surface area contributed by atoms with Crippen molar-refractivity contribution < 1.29 is 5.11 Å². The summed E-state index contributed by atoms with van der Waals surface area (Å²) in [7, 11) is 0. The van der Waals surface area contributed by atoms with Crippen molar-refractivity contribution in [1.82, 2.24) is 0 Å². The highest BCUT2D eigenvalue weighted by molar-refractivity contribution is 5.44. The van der Waals surface area contributed by atoms with Crippen LogP contribution >= 0.6 is 0 Å². The number of benzene rings is 1. The molecule has 0 spiro atoms. The zero-order valence-electron chi connectivity index (χ0n) is 7.04. The fraction of sp³-hybridized carbons (Fsp3) is 0.333. The molecule has 0 fully saturated rings. The number of aliphatic hydroxyl groups is 1. The van der Waals surface area contributed by atoms with Gasteiger partial charge in [-0.1, -0.05) is 18.2 Å². The van der Waals surface area contributed by atoms with Crippen molar-refractivity contribution in [2.45, 2.75) is 13.8 Å². The van der Waals surface area contributed by atoms with E-state index in [4.69, 9.17) is 10.8 Å². The van der Waals surface area contributed by atoms with E-state index in [0.29, 0.717) is 0 Å². The van der Waals surface area contributed by atoms with Crippen LogP contribution in [0, 0.1) is 6.92 Å². The van der Waals surface area contributed by atoms with Gasteiger partial charge in [-0.15, -0.1) is 0 Å². The lowest BCUT2D eigenvalue weighted by Gasteiger charge is -1.93. The number of nitrogen functional groups attached to an aromatic ring is 1. The van der Waals surface area contributed by atoms with Crippen LogP contribution in [0.15, 0.2) is 24.3 Å². The lowest BCUT2D eigenvalue weighted by atomic mass is 10.2. The molecule has 0 radical (unpaired) electrons. The van der Waals surface area contributed by atoms with Gasteiger partial charge in [-0.25, -0.2) is 0 Å². The van der Waals surface area contributed by atoms with Crippen LogP contribution in [0.25, 0.3) is 0 Å². The second-order valence-electron chi connectivity index (χ2n) is 2.17. The maximum absolute atomic E-state index is 7.57. The molecule has 0 heterocycles. The van der Waals surface area contributed by atoms with Crippen molar-refractivity contribution in [1.29, 1.82) is 0 Å². The zero-order valence-corrected chi connectivity index (χ0v) is 7.04. The van der Waals surface area contributed by atoms with E-state index in [1.807, 2.05) is 31.2 Å².